The monoisotopic (exact) mass is 412 g/mol. The molecule has 2 atom stereocenters. The summed E-state index contributed by atoms with van der Waals surface area (Å²) in [6.45, 7) is 1.21. The Morgan fingerprint density at radius 2 is 1.86 bits per heavy atom. The molecule has 1 aliphatic rings. The molecule has 2 N–H and O–H groups in total. The minimum absolute atomic E-state index is 0.209. The van der Waals surface area contributed by atoms with Crippen LogP contribution in [0.4, 0.5) is 0 Å². The molecule has 152 valence electrons. The number of nitrogens with zero attached hydrogens (tertiary/aromatic N) is 2. The van der Waals surface area contributed by atoms with Crippen LogP contribution in [0.2, 0.25) is 5.02 Å². The summed E-state index contributed by atoms with van der Waals surface area (Å²) in [4.78, 5) is 27.2. The van der Waals surface area contributed by atoms with E-state index in [0.29, 0.717) is 18.0 Å². The van der Waals surface area contributed by atoms with E-state index >= 15 is 0 Å². The number of hydrogen-bond acceptors (Lipinski definition) is 4. The van der Waals surface area contributed by atoms with Gasteiger partial charge in [-0.25, -0.2) is 5.43 Å². The highest BCUT2D eigenvalue weighted by molar-refractivity contribution is 6.30. The number of nitrogens with one attached hydrogen (secondary N) is 2. The van der Waals surface area contributed by atoms with Gasteiger partial charge < -0.3 is 10.2 Å². The number of rotatable bonds is 7. The molecule has 2 amide bonds. The standard InChI is InChI=1S/C22H25ClN4O2/c1-27(2)13-12-19(16-8-10-17(23)11-9-16)25-26-22(29)20-18(14-24-21(20)28)15-6-4-3-5-7-15/h3-11,18,20H,12-14H2,1-2H3,(H,24,28)(H,26,29)/b25-19-. The molecule has 0 aromatic heterocycles. The lowest BCUT2D eigenvalue weighted by Crippen LogP contribution is -2.35. The van der Waals surface area contributed by atoms with Crippen molar-refractivity contribution in [3.05, 3.63) is 70.7 Å². The highest BCUT2D eigenvalue weighted by Gasteiger charge is 2.41. The smallest absolute Gasteiger partial charge is 0.253 e. The first-order valence-corrected chi connectivity index (χ1v) is 9.93. The van der Waals surface area contributed by atoms with Gasteiger partial charge in [-0.15, -0.1) is 0 Å². The van der Waals surface area contributed by atoms with E-state index in [2.05, 4.69) is 15.8 Å². The summed E-state index contributed by atoms with van der Waals surface area (Å²) in [5.41, 5.74) is 5.20. The molecule has 7 heteroatoms. The summed E-state index contributed by atoms with van der Waals surface area (Å²) in [7, 11) is 3.96. The number of halogens is 1. The summed E-state index contributed by atoms with van der Waals surface area (Å²) in [6.07, 6.45) is 0.647. The molecule has 6 nitrogen and oxygen atoms in total. The third-order valence-electron chi connectivity index (χ3n) is 4.97. The highest BCUT2D eigenvalue weighted by Crippen LogP contribution is 2.29. The molecule has 2 aromatic rings. The third-order valence-corrected chi connectivity index (χ3v) is 5.22. The normalized spacial score (nSPS) is 19.3. The zero-order chi connectivity index (χ0) is 20.8. The van der Waals surface area contributed by atoms with Crippen molar-refractivity contribution in [2.24, 2.45) is 11.0 Å². The van der Waals surface area contributed by atoms with Crippen LogP contribution >= 0.6 is 11.6 Å². The lowest BCUT2D eigenvalue weighted by molar-refractivity contribution is -0.133. The minimum atomic E-state index is -0.804. The fourth-order valence-corrected chi connectivity index (χ4v) is 3.49. The van der Waals surface area contributed by atoms with Crippen LogP contribution in [-0.2, 0) is 9.59 Å². The van der Waals surface area contributed by atoms with E-state index in [1.165, 1.54) is 0 Å². The van der Waals surface area contributed by atoms with Crippen molar-refractivity contribution >= 4 is 29.1 Å². The lowest BCUT2D eigenvalue weighted by Gasteiger charge is -2.16. The van der Waals surface area contributed by atoms with Crippen LogP contribution < -0.4 is 10.7 Å². The van der Waals surface area contributed by atoms with Gasteiger partial charge in [-0.05, 0) is 37.4 Å². The fourth-order valence-electron chi connectivity index (χ4n) is 3.36. The van der Waals surface area contributed by atoms with Gasteiger partial charge in [0.1, 0.15) is 5.92 Å². The first-order chi connectivity index (χ1) is 14.0. The van der Waals surface area contributed by atoms with Crippen molar-refractivity contribution in [1.82, 2.24) is 15.6 Å². The average molecular weight is 413 g/mol. The van der Waals surface area contributed by atoms with Crippen LogP contribution in [0.5, 0.6) is 0 Å². The Morgan fingerprint density at radius 1 is 1.17 bits per heavy atom. The quantitative estimate of drug-likeness (QED) is 0.417. The van der Waals surface area contributed by atoms with E-state index in [0.717, 1.165) is 23.4 Å². The van der Waals surface area contributed by atoms with Crippen LogP contribution in [0.3, 0.4) is 0 Å². The predicted molar refractivity (Wildman–Crippen MR) is 115 cm³/mol. The number of hydrogen-bond donors (Lipinski definition) is 2. The molecule has 0 saturated carbocycles. The van der Waals surface area contributed by atoms with Crippen LogP contribution in [-0.4, -0.2) is 49.6 Å². The molecule has 1 heterocycles. The van der Waals surface area contributed by atoms with Crippen LogP contribution in [0.1, 0.15) is 23.5 Å². The maximum absolute atomic E-state index is 12.9. The van der Waals surface area contributed by atoms with E-state index in [1.807, 2.05) is 61.5 Å². The van der Waals surface area contributed by atoms with Crippen molar-refractivity contribution in [1.29, 1.82) is 0 Å². The SMILES string of the molecule is CN(C)CC/C(=N/NC(=O)C1C(=O)NCC1c1ccccc1)c1ccc(Cl)cc1. The van der Waals surface area contributed by atoms with Gasteiger partial charge in [-0.2, -0.15) is 5.10 Å². The van der Waals surface area contributed by atoms with Gasteiger partial charge in [0.25, 0.3) is 5.91 Å². The van der Waals surface area contributed by atoms with Crippen molar-refractivity contribution in [3.63, 3.8) is 0 Å². The molecule has 0 aliphatic carbocycles. The van der Waals surface area contributed by atoms with Gasteiger partial charge in [0.2, 0.25) is 5.91 Å². The number of benzene rings is 2. The molecule has 3 rings (SSSR count). The van der Waals surface area contributed by atoms with Crippen molar-refractivity contribution < 1.29 is 9.59 Å². The van der Waals surface area contributed by atoms with E-state index in [4.69, 9.17) is 11.6 Å². The Hall–Kier alpha value is -2.70. The molecule has 1 saturated heterocycles. The minimum Gasteiger partial charge on any atom is -0.355 e. The number of carbonyl (C=O) groups is 2. The van der Waals surface area contributed by atoms with Crippen molar-refractivity contribution in [2.75, 3.05) is 27.2 Å². The number of carbonyl (C=O) groups excluding carboxylic acids is 2. The third kappa shape index (κ3) is 5.43. The summed E-state index contributed by atoms with van der Waals surface area (Å²) >= 11 is 5.99. The van der Waals surface area contributed by atoms with Gasteiger partial charge in [0.15, 0.2) is 0 Å². The second kappa shape index (κ2) is 9.67. The molecule has 0 bridgehead atoms. The van der Waals surface area contributed by atoms with Crippen LogP contribution in [0.15, 0.2) is 59.7 Å². The topological polar surface area (TPSA) is 73.8 Å². The zero-order valence-corrected chi connectivity index (χ0v) is 17.3. The van der Waals surface area contributed by atoms with Crippen molar-refractivity contribution in [3.8, 4) is 0 Å². The fraction of sp³-hybridized carbons (Fsp3) is 0.318. The Balaban J connectivity index is 1.78. The molecule has 0 radical (unpaired) electrons. The predicted octanol–water partition coefficient (Wildman–Crippen LogP) is 2.64. The Kier molecular flexibility index (Phi) is 7.01. The van der Waals surface area contributed by atoms with Gasteiger partial charge in [-0.3, -0.25) is 9.59 Å². The van der Waals surface area contributed by atoms with Gasteiger partial charge in [0.05, 0.1) is 5.71 Å². The summed E-state index contributed by atoms with van der Waals surface area (Å²) < 4.78 is 0. The maximum atomic E-state index is 12.9. The maximum Gasteiger partial charge on any atom is 0.253 e. The summed E-state index contributed by atoms with van der Waals surface area (Å²) in [6, 6.07) is 16.9. The Bertz CT molecular complexity index is 881. The van der Waals surface area contributed by atoms with E-state index in [1.54, 1.807) is 12.1 Å². The highest BCUT2D eigenvalue weighted by atomic mass is 35.5. The number of hydrazone groups is 1. The van der Waals surface area contributed by atoms with Crippen molar-refractivity contribution in [2.45, 2.75) is 12.3 Å². The molecule has 29 heavy (non-hydrogen) atoms. The van der Waals surface area contributed by atoms with E-state index in [-0.39, 0.29) is 11.8 Å². The molecule has 2 unspecified atom stereocenters. The van der Waals surface area contributed by atoms with Crippen LogP contribution in [0.25, 0.3) is 0 Å². The Labute approximate surface area is 175 Å². The van der Waals surface area contributed by atoms with Gasteiger partial charge in [0, 0.05) is 30.5 Å². The summed E-state index contributed by atoms with van der Waals surface area (Å²) in [5.74, 6) is -1.68. The summed E-state index contributed by atoms with van der Waals surface area (Å²) in [5, 5.41) is 7.80. The number of amides is 2. The second-order valence-electron chi connectivity index (χ2n) is 7.33. The van der Waals surface area contributed by atoms with E-state index < -0.39 is 11.8 Å². The van der Waals surface area contributed by atoms with Gasteiger partial charge in [-0.1, -0.05) is 54.1 Å². The molecular weight excluding hydrogens is 388 g/mol. The first-order valence-electron chi connectivity index (χ1n) is 9.55. The first kappa shape index (κ1) is 21.0. The lowest BCUT2D eigenvalue weighted by atomic mass is 9.88. The molecule has 0 spiro atoms. The second-order valence-corrected chi connectivity index (χ2v) is 7.77. The largest absolute Gasteiger partial charge is 0.355 e. The average Bonchev–Trinajstić information content (AvgIpc) is 3.11. The molecule has 2 aromatic carbocycles. The molecule has 1 fully saturated rings. The van der Waals surface area contributed by atoms with Crippen LogP contribution in [0, 0.1) is 5.92 Å². The van der Waals surface area contributed by atoms with E-state index in [9.17, 15) is 9.59 Å². The zero-order valence-electron chi connectivity index (χ0n) is 16.6. The molecule has 1 aliphatic heterocycles. The van der Waals surface area contributed by atoms with Gasteiger partial charge >= 0.3 is 0 Å². The Morgan fingerprint density at radius 3 is 2.52 bits per heavy atom. The molecular formula is C22H25ClN4O2.